The van der Waals surface area contributed by atoms with Crippen LogP contribution < -0.4 is 35.1 Å². The van der Waals surface area contributed by atoms with Crippen LogP contribution in [-0.4, -0.2) is 220 Å². The first-order chi connectivity index (χ1) is 64.5. The van der Waals surface area contributed by atoms with Crippen LogP contribution in [0.1, 0.15) is 103 Å². The summed E-state index contributed by atoms with van der Waals surface area (Å²) >= 11 is 0. The first-order valence-corrected chi connectivity index (χ1v) is 45.1. The molecule has 0 bridgehead atoms. The second-order valence-electron chi connectivity index (χ2n) is 34.2. The summed E-state index contributed by atoms with van der Waals surface area (Å²) in [6, 6.07) is 19.0. The highest BCUT2D eigenvalue weighted by molar-refractivity contribution is 6.01. The monoisotopic (exact) mass is 1740 g/mol. The van der Waals surface area contributed by atoms with E-state index in [1.54, 1.807) is 6.20 Å². The molecule has 0 saturated carbocycles. The Morgan fingerprint density at radius 2 is 0.672 bits per heavy atom. The molecule has 0 unspecified atom stereocenters. The topological polar surface area (TPSA) is 424 Å². The summed E-state index contributed by atoms with van der Waals surface area (Å²) in [6.45, 7) is 16.4. The lowest BCUT2D eigenvalue weighted by Crippen LogP contribution is -2.29. The summed E-state index contributed by atoms with van der Waals surface area (Å²) in [6.07, 6.45) is 51.9. The lowest BCUT2D eigenvalue weighted by Gasteiger charge is -2.28. The van der Waals surface area contributed by atoms with Crippen molar-refractivity contribution < 1.29 is 0 Å². The highest BCUT2D eigenvalue weighted by Crippen LogP contribution is 2.40. The Morgan fingerprint density at radius 1 is 0.344 bits per heavy atom. The Kier molecular flexibility index (Phi) is 23.0. The fourth-order valence-corrected chi connectivity index (χ4v) is 18.0. The maximum Gasteiger partial charge on any atom is 0.181 e. The fourth-order valence-electron chi connectivity index (χ4n) is 18.0. The van der Waals surface area contributed by atoms with E-state index in [2.05, 4.69) is 214 Å². The molecule has 20 aromatic rings. The van der Waals surface area contributed by atoms with Gasteiger partial charge in [-0.2, -0.15) is 20.4 Å². The molecule has 35 heteroatoms. The standard InChI is InChI=1S/2C25H27N9.C24H25N9.C22H20N8/c1-15(2)29-18-8-16(10-26-12-18)17-9-19-22(32-33-24(19)28-11-17)25-30-20-13-27-14-21(23(20)31-25)34-6-4-3-5-7-34;1-2-26-10-16-8-17(12-27-11-16)18-9-19-22(32-33-24(19)29-13-18)25-30-20-14-28-15-21(23(20)31-25)34-6-4-3-5-7-34;1-32(2)17-8-15(10-25-12-17)16-9-18-21(30-31-23(18)27-11-16)24-28-19-13-26-14-20(22(19)29-24)33-6-4-3-5-7-33;1-2-7-30(8-3-1)18-13-24-12-17-20(18)27-22(26-17)19-16-9-15(11-25-21(16)29-28-19)14-5-4-6-23-10-14/h8-15,29H,3-7H2,1-2H3,(H,30,31)(H,28,32,33);8-9,11-15,26H,2-7,10H2,1H3,(H,30,31)(H,29,32,33);8-14H,3-7H2,1-2H3,(H,28,29)(H,27,30,31);4-6,9-13H,1-3,7-8H2,(H,26,27)(H,25,28,29). The predicted octanol–water partition coefficient (Wildman–Crippen LogP) is 16.8. The van der Waals surface area contributed by atoms with Gasteiger partial charge in [-0.15, -0.1) is 0 Å². The van der Waals surface area contributed by atoms with Gasteiger partial charge in [-0.1, -0.05) is 13.0 Å². The van der Waals surface area contributed by atoms with Crippen molar-refractivity contribution in [2.45, 2.75) is 110 Å². The van der Waals surface area contributed by atoms with Crippen LogP contribution in [0.4, 0.5) is 34.1 Å². The van der Waals surface area contributed by atoms with Crippen molar-refractivity contribution in [2.24, 2.45) is 0 Å². The van der Waals surface area contributed by atoms with Crippen molar-refractivity contribution in [3.8, 4) is 90.6 Å². The average molecular weight is 1740 g/mol. The van der Waals surface area contributed by atoms with E-state index in [0.717, 1.165) is 261 Å². The molecule has 24 heterocycles. The van der Waals surface area contributed by atoms with Crippen LogP contribution in [-0.2, 0) is 6.54 Å². The largest absolute Gasteiger partial charge is 0.382 e. The van der Waals surface area contributed by atoms with E-state index in [1.165, 1.54) is 77.0 Å². The van der Waals surface area contributed by atoms with Gasteiger partial charge in [0.15, 0.2) is 45.9 Å². The third-order valence-electron chi connectivity index (χ3n) is 24.7. The van der Waals surface area contributed by atoms with Crippen LogP contribution >= 0.6 is 0 Å². The van der Waals surface area contributed by atoms with Gasteiger partial charge in [0, 0.05) is 192 Å². The fraction of sp³-hybridized carbons (Fsp3) is 0.292. The smallest absolute Gasteiger partial charge is 0.181 e. The molecule has 10 N–H and O–H groups in total. The van der Waals surface area contributed by atoms with Gasteiger partial charge in [0.25, 0.3) is 0 Å². The van der Waals surface area contributed by atoms with Gasteiger partial charge < -0.3 is 55.1 Å². The van der Waals surface area contributed by atoms with Gasteiger partial charge in [0.1, 0.15) is 44.8 Å². The third-order valence-corrected chi connectivity index (χ3v) is 24.7. The molecule has 0 radical (unpaired) electrons. The maximum atomic E-state index is 4.97. The number of H-pyrrole nitrogens is 8. The van der Waals surface area contributed by atoms with Gasteiger partial charge in [0.05, 0.1) is 134 Å². The van der Waals surface area contributed by atoms with E-state index in [-0.39, 0.29) is 0 Å². The van der Waals surface area contributed by atoms with Gasteiger partial charge in [0.2, 0.25) is 0 Å². The Morgan fingerprint density at radius 3 is 1.02 bits per heavy atom. The van der Waals surface area contributed by atoms with Crippen LogP contribution in [0.3, 0.4) is 0 Å². The van der Waals surface area contributed by atoms with E-state index in [4.69, 9.17) is 19.9 Å². The number of piperidine rings is 4. The number of nitrogens with one attached hydrogen (secondary N) is 10. The van der Waals surface area contributed by atoms with E-state index >= 15 is 0 Å². The molecule has 20 aromatic heterocycles. The molecule has 0 amide bonds. The molecule has 0 atom stereocenters. The SMILES string of the molecule is CC(C)Nc1cncc(-c2cnc3n[nH]c(-c4nc5c(N6CCCCC6)cncc5[nH]4)c3c2)c1.CCNCc1cncc(-c2cnc3n[nH]c(-c4nc5c(N6CCCCC6)cncc5[nH]4)c3c2)c1.CN(C)c1cncc(-c2cnc3n[nH]c(-c4nc5c(N6CCCCC6)cncc5[nH]4)c3c2)c1.c1cncc(-c2cnc3n[nH]c(-c4nc5c(N6CCCCC6)cncc5[nH]4)c3c2)c1. The number of nitrogens with zero attached hydrogens (tertiary/aromatic N) is 25. The zero-order valence-corrected chi connectivity index (χ0v) is 73.6. The average Bonchev–Trinajstić information content (AvgIpc) is 1.62. The Bertz CT molecular complexity index is 7430. The highest BCUT2D eigenvalue weighted by atomic mass is 15.2. The number of anilines is 6. The molecular weight excluding hydrogens is 1640 g/mol. The van der Waals surface area contributed by atoms with Gasteiger partial charge >= 0.3 is 0 Å². The lowest BCUT2D eigenvalue weighted by molar-refractivity contribution is 0.578. The lowest BCUT2D eigenvalue weighted by atomic mass is 10.1. The zero-order chi connectivity index (χ0) is 88.3. The van der Waals surface area contributed by atoms with Crippen molar-refractivity contribution in [3.05, 3.63) is 184 Å². The first kappa shape index (κ1) is 82.3. The Hall–Kier alpha value is -15.7. The normalized spacial score (nSPS) is 14.4. The number of aromatic amines is 8. The molecule has 0 aromatic carbocycles. The zero-order valence-electron chi connectivity index (χ0n) is 73.6. The number of hydrogen-bond donors (Lipinski definition) is 10. The summed E-state index contributed by atoms with van der Waals surface area (Å²) in [5.41, 5.74) is 28.8. The number of fused-ring (bicyclic) bond motifs is 8. The molecule has 131 heavy (non-hydrogen) atoms. The molecule has 658 valence electrons. The molecule has 4 saturated heterocycles. The minimum absolute atomic E-state index is 0.329. The highest BCUT2D eigenvalue weighted by Gasteiger charge is 2.27. The van der Waals surface area contributed by atoms with Crippen molar-refractivity contribution in [1.82, 2.24) is 146 Å². The van der Waals surface area contributed by atoms with Crippen molar-refractivity contribution >= 4 is 122 Å². The molecule has 4 fully saturated rings. The maximum absolute atomic E-state index is 4.97. The molecule has 35 nitrogen and oxygen atoms in total. The number of pyridine rings is 12. The molecule has 4 aliphatic rings. The van der Waals surface area contributed by atoms with Crippen LogP contribution in [0.25, 0.3) is 179 Å². The summed E-state index contributed by atoms with van der Waals surface area (Å²) in [5, 5.41) is 40.6. The van der Waals surface area contributed by atoms with Crippen LogP contribution in [0, 0.1) is 0 Å². The second-order valence-corrected chi connectivity index (χ2v) is 34.2. The molecule has 0 spiro atoms. The first-order valence-electron chi connectivity index (χ1n) is 45.1. The summed E-state index contributed by atoms with van der Waals surface area (Å²) < 4.78 is 0. The molecule has 24 rings (SSSR count). The van der Waals surface area contributed by atoms with Crippen molar-refractivity contribution in [3.63, 3.8) is 0 Å². The van der Waals surface area contributed by atoms with E-state index in [1.807, 2.05) is 149 Å². The van der Waals surface area contributed by atoms with Gasteiger partial charge in [-0.3, -0.25) is 60.3 Å². The van der Waals surface area contributed by atoms with Crippen molar-refractivity contribution in [2.75, 3.05) is 103 Å². The van der Waals surface area contributed by atoms with E-state index < -0.39 is 0 Å². The van der Waals surface area contributed by atoms with Crippen LogP contribution in [0.5, 0.6) is 0 Å². The number of imidazole rings is 4. The number of hydrogen-bond acceptors (Lipinski definition) is 27. The number of rotatable bonds is 18. The molecule has 0 aliphatic carbocycles. The number of aromatic nitrogens is 28. The minimum Gasteiger partial charge on any atom is -0.382 e. The quantitative estimate of drug-likeness (QED) is 0.0381. The van der Waals surface area contributed by atoms with Crippen LogP contribution in [0.15, 0.2) is 179 Å². The van der Waals surface area contributed by atoms with Gasteiger partial charge in [-0.05, 0) is 152 Å². The van der Waals surface area contributed by atoms with Gasteiger partial charge in [-0.25, -0.2) is 39.9 Å². The third kappa shape index (κ3) is 17.1. The molecule has 4 aliphatic heterocycles. The van der Waals surface area contributed by atoms with Crippen molar-refractivity contribution in [1.29, 1.82) is 0 Å². The summed E-state index contributed by atoms with van der Waals surface area (Å²) in [7, 11) is 4.01. The summed E-state index contributed by atoms with van der Waals surface area (Å²) in [5.74, 6) is 2.94. The Labute approximate surface area is 752 Å². The predicted molar refractivity (Wildman–Crippen MR) is 515 cm³/mol. The minimum atomic E-state index is 0.329. The molecular formula is C96H99N35. The van der Waals surface area contributed by atoms with E-state index in [0.29, 0.717) is 28.6 Å². The van der Waals surface area contributed by atoms with E-state index in [9.17, 15) is 0 Å². The van der Waals surface area contributed by atoms with Crippen LogP contribution in [0.2, 0.25) is 0 Å². The summed E-state index contributed by atoms with van der Waals surface area (Å²) in [4.78, 5) is 98.7. The Balaban J connectivity index is 0.000000106. The second kappa shape index (κ2) is 36.6.